The Balaban J connectivity index is 1.75. The number of nitriles is 1. The van der Waals surface area contributed by atoms with E-state index in [1.165, 1.54) is 24.0 Å². The summed E-state index contributed by atoms with van der Waals surface area (Å²) in [6.07, 6.45) is 8.79. The zero-order valence-corrected chi connectivity index (χ0v) is 13.2. The molecular weight excluding hydrogens is 286 g/mol. The van der Waals surface area contributed by atoms with E-state index in [-0.39, 0.29) is 11.9 Å². The van der Waals surface area contributed by atoms with Crippen molar-refractivity contribution in [2.24, 2.45) is 0 Å². The van der Waals surface area contributed by atoms with Crippen LogP contribution in [0.5, 0.6) is 0 Å². The van der Waals surface area contributed by atoms with Gasteiger partial charge in [-0.3, -0.25) is 4.79 Å². The number of rotatable bonds is 3. The fraction of sp³-hybridized carbons (Fsp3) is 0.316. The normalized spacial score (nSPS) is 14.4. The van der Waals surface area contributed by atoms with Crippen molar-refractivity contribution < 1.29 is 9.36 Å². The largest absolute Gasteiger partial charge is 0.320 e. The summed E-state index contributed by atoms with van der Waals surface area (Å²) in [6, 6.07) is 10.9. The quantitative estimate of drug-likeness (QED) is 0.886. The molecule has 1 atom stereocenters. The number of aromatic nitrogens is 1. The highest BCUT2D eigenvalue weighted by Gasteiger charge is 2.24. The third-order valence-electron chi connectivity index (χ3n) is 4.39. The van der Waals surface area contributed by atoms with Gasteiger partial charge in [-0.1, -0.05) is 6.07 Å². The predicted octanol–water partition coefficient (Wildman–Crippen LogP) is 2.92. The van der Waals surface area contributed by atoms with E-state index in [9.17, 15) is 4.79 Å². The van der Waals surface area contributed by atoms with Gasteiger partial charge in [0.1, 0.15) is 0 Å². The van der Waals surface area contributed by atoms with E-state index in [0.29, 0.717) is 11.3 Å². The van der Waals surface area contributed by atoms with E-state index in [2.05, 4.69) is 23.6 Å². The summed E-state index contributed by atoms with van der Waals surface area (Å²) in [7, 11) is 0. The van der Waals surface area contributed by atoms with Crippen molar-refractivity contribution in [2.45, 2.75) is 38.6 Å². The van der Waals surface area contributed by atoms with Gasteiger partial charge >= 0.3 is 0 Å². The monoisotopic (exact) mass is 306 g/mol. The number of carbonyl (C=O) groups is 1. The summed E-state index contributed by atoms with van der Waals surface area (Å²) >= 11 is 0. The molecule has 1 aliphatic carbocycles. The molecule has 1 heterocycles. The van der Waals surface area contributed by atoms with E-state index in [4.69, 9.17) is 5.26 Å². The minimum Gasteiger partial charge on any atom is -0.320 e. The van der Waals surface area contributed by atoms with Gasteiger partial charge in [-0.15, -0.1) is 0 Å². The molecule has 116 valence electrons. The number of pyridine rings is 1. The van der Waals surface area contributed by atoms with E-state index in [1.807, 2.05) is 17.7 Å². The molecule has 0 saturated carbocycles. The molecule has 0 bridgehead atoms. The second-order valence-corrected chi connectivity index (χ2v) is 6.01. The van der Waals surface area contributed by atoms with Crippen LogP contribution in [0.15, 0.2) is 42.7 Å². The molecular formula is C19H20N3O+. The van der Waals surface area contributed by atoms with Gasteiger partial charge in [0, 0.05) is 24.2 Å². The number of amides is 1. The van der Waals surface area contributed by atoms with Crippen molar-refractivity contribution >= 4 is 11.6 Å². The van der Waals surface area contributed by atoms with E-state index in [0.717, 1.165) is 12.8 Å². The summed E-state index contributed by atoms with van der Waals surface area (Å²) in [6.45, 7) is 1.89. The van der Waals surface area contributed by atoms with E-state index in [1.54, 1.807) is 24.3 Å². The molecule has 0 spiro atoms. The van der Waals surface area contributed by atoms with Crippen molar-refractivity contribution in [1.29, 1.82) is 5.26 Å². The lowest BCUT2D eigenvalue weighted by Crippen LogP contribution is -2.44. The zero-order chi connectivity index (χ0) is 16.2. The Morgan fingerprint density at radius 2 is 2.04 bits per heavy atom. The highest BCUT2D eigenvalue weighted by molar-refractivity contribution is 5.92. The van der Waals surface area contributed by atoms with E-state index < -0.39 is 0 Å². The number of hydrogen-bond donors (Lipinski definition) is 1. The molecule has 1 aromatic heterocycles. The maximum atomic E-state index is 12.5. The lowest BCUT2D eigenvalue weighted by atomic mass is 9.93. The first kappa shape index (κ1) is 15.2. The molecule has 0 saturated heterocycles. The molecule has 4 heteroatoms. The maximum Gasteiger partial charge on any atom is 0.293 e. The van der Waals surface area contributed by atoms with Gasteiger partial charge in [0.15, 0.2) is 12.4 Å². The Kier molecular flexibility index (Phi) is 4.38. The fourth-order valence-electron chi connectivity index (χ4n) is 2.98. The number of nitrogens with zero attached hydrogens (tertiary/aromatic N) is 2. The molecule has 0 fully saturated rings. The van der Waals surface area contributed by atoms with Crippen LogP contribution in [-0.4, -0.2) is 5.91 Å². The second kappa shape index (κ2) is 6.62. The second-order valence-electron chi connectivity index (χ2n) is 6.01. The topological polar surface area (TPSA) is 56.8 Å². The van der Waals surface area contributed by atoms with Crippen LogP contribution in [0, 0.1) is 11.3 Å². The van der Waals surface area contributed by atoms with Gasteiger partial charge in [-0.25, -0.2) is 0 Å². The van der Waals surface area contributed by atoms with Crippen LogP contribution in [0.1, 0.15) is 42.5 Å². The lowest BCUT2D eigenvalue weighted by Gasteiger charge is -2.15. The smallest absolute Gasteiger partial charge is 0.293 e. The van der Waals surface area contributed by atoms with Crippen molar-refractivity contribution in [3.63, 3.8) is 0 Å². The van der Waals surface area contributed by atoms with E-state index >= 15 is 0 Å². The highest BCUT2D eigenvalue weighted by atomic mass is 16.2. The summed E-state index contributed by atoms with van der Waals surface area (Å²) in [5.41, 5.74) is 3.95. The summed E-state index contributed by atoms with van der Waals surface area (Å²) in [5, 5.41) is 11.8. The first-order valence-corrected chi connectivity index (χ1v) is 8.01. The molecule has 1 amide bonds. The van der Waals surface area contributed by atoms with Crippen LogP contribution in [0.3, 0.4) is 0 Å². The molecule has 1 N–H and O–H groups in total. The summed E-state index contributed by atoms with van der Waals surface area (Å²) in [5.74, 6) is -0.0825. The SMILES string of the molecule is C[C@H](C(=O)Nc1cccc(C#N)c1)[n+]1ccc2c(c1)CCCC2. The number of anilines is 1. The number of nitrogens with one attached hydrogen (secondary N) is 1. The highest BCUT2D eigenvalue weighted by Crippen LogP contribution is 2.19. The zero-order valence-electron chi connectivity index (χ0n) is 13.2. The molecule has 3 rings (SSSR count). The molecule has 0 radical (unpaired) electrons. The first-order chi connectivity index (χ1) is 11.2. The molecule has 4 nitrogen and oxygen atoms in total. The van der Waals surface area contributed by atoms with Crippen LogP contribution >= 0.6 is 0 Å². The van der Waals surface area contributed by atoms with Crippen molar-refractivity contribution in [3.05, 3.63) is 59.4 Å². The predicted molar refractivity (Wildman–Crippen MR) is 87.8 cm³/mol. The number of hydrogen-bond acceptors (Lipinski definition) is 2. The van der Waals surface area contributed by atoms with Crippen molar-refractivity contribution in [1.82, 2.24) is 0 Å². The Morgan fingerprint density at radius 3 is 2.83 bits per heavy atom. The molecule has 2 aromatic rings. The van der Waals surface area contributed by atoms with Gasteiger partial charge in [0.2, 0.25) is 6.04 Å². The Hall–Kier alpha value is -2.67. The standard InChI is InChI=1S/C19H19N3O/c1-14(19(23)21-18-8-4-5-15(11-18)12-20)22-10-9-16-6-2-3-7-17(16)13-22/h4-5,8-11,13-14H,2-3,6-7H2,1H3/p+1/t14-/m1/s1. The van der Waals surface area contributed by atoms with Crippen LogP contribution < -0.4 is 9.88 Å². The third kappa shape index (κ3) is 3.40. The maximum absolute atomic E-state index is 12.5. The van der Waals surface area contributed by atoms with Crippen LogP contribution in [0.4, 0.5) is 5.69 Å². The Morgan fingerprint density at radius 1 is 1.26 bits per heavy atom. The molecule has 1 aromatic carbocycles. The first-order valence-electron chi connectivity index (χ1n) is 8.01. The number of benzene rings is 1. The van der Waals surface area contributed by atoms with Gasteiger partial charge in [0.25, 0.3) is 5.91 Å². The number of aryl methyl sites for hydroxylation is 2. The summed E-state index contributed by atoms with van der Waals surface area (Å²) < 4.78 is 1.97. The van der Waals surface area contributed by atoms with Crippen molar-refractivity contribution in [3.8, 4) is 6.07 Å². The Bertz CT molecular complexity index is 776. The number of fused-ring (bicyclic) bond motifs is 1. The fourth-order valence-corrected chi connectivity index (χ4v) is 2.98. The van der Waals surface area contributed by atoms with Crippen LogP contribution in [0.25, 0.3) is 0 Å². The molecule has 23 heavy (non-hydrogen) atoms. The molecule has 0 unspecified atom stereocenters. The van der Waals surface area contributed by atoms with Gasteiger partial charge < -0.3 is 5.32 Å². The Labute approximate surface area is 136 Å². The van der Waals surface area contributed by atoms with Crippen LogP contribution in [0.2, 0.25) is 0 Å². The third-order valence-corrected chi connectivity index (χ3v) is 4.39. The lowest BCUT2D eigenvalue weighted by molar-refractivity contribution is -0.706. The minimum absolute atomic E-state index is 0.0825. The minimum atomic E-state index is -0.298. The van der Waals surface area contributed by atoms with Gasteiger partial charge in [-0.2, -0.15) is 9.83 Å². The summed E-state index contributed by atoms with van der Waals surface area (Å²) in [4.78, 5) is 12.5. The average molecular weight is 306 g/mol. The van der Waals surface area contributed by atoms with Crippen molar-refractivity contribution in [2.75, 3.05) is 5.32 Å². The van der Waals surface area contributed by atoms with Gasteiger partial charge in [0.05, 0.1) is 11.6 Å². The van der Waals surface area contributed by atoms with Crippen LogP contribution in [-0.2, 0) is 17.6 Å². The average Bonchev–Trinajstić information content (AvgIpc) is 2.60. The molecule has 0 aliphatic heterocycles. The number of carbonyl (C=O) groups excluding carboxylic acids is 1. The molecule has 1 aliphatic rings. The van der Waals surface area contributed by atoms with Gasteiger partial charge in [-0.05, 0) is 49.4 Å².